The number of carbonyl (C=O) groups is 1. The second-order valence-corrected chi connectivity index (χ2v) is 9.33. The third-order valence-corrected chi connectivity index (χ3v) is 6.73. The lowest BCUT2D eigenvalue weighted by atomic mass is 10.3. The number of aromatic nitrogens is 2. The van der Waals surface area contributed by atoms with E-state index in [2.05, 4.69) is 10.4 Å². The topological polar surface area (TPSA) is 81.1 Å². The number of carbonyl (C=O) groups excluding carboxylic acids is 1. The highest BCUT2D eigenvalue weighted by molar-refractivity contribution is 8.00. The molecule has 0 saturated carbocycles. The maximum atomic E-state index is 13.6. The van der Waals surface area contributed by atoms with Crippen molar-refractivity contribution in [3.8, 4) is 0 Å². The smallest absolute Gasteiger partial charge is 0.235 e. The zero-order valence-electron chi connectivity index (χ0n) is 13.9. The van der Waals surface area contributed by atoms with Crippen LogP contribution in [0.5, 0.6) is 0 Å². The lowest BCUT2D eigenvalue weighted by molar-refractivity contribution is -0.113. The summed E-state index contributed by atoms with van der Waals surface area (Å²) in [5.41, 5.74) is 0.654. The predicted molar refractivity (Wildman–Crippen MR) is 95.0 cm³/mol. The SMILES string of the molecule is Cc1cc(NC(=O)CSc2ccc(F)cc2F)n(C2CCS(=O)(=O)C2)n1. The maximum absolute atomic E-state index is 13.6. The molecule has 1 aliphatic rings. The van der Waals surface area contributed by atoms with Gasteiger partial charge in [0.05, 0.1) is 29.0 Å². The predicted octanol–water partition coefficient (Wildman–Crippen LogP) is 2.56. The molecule has 6 nitrogen and oxygen atoms in total. The van der Waals surface area contributed by atoms with Gasteiger partial charge < -0.3 is 5.32 Å². The highest BCUT2D eigenvalue weighted by Gasteiger charge is 2.31. The Kier molecular flexibility index (Phi) is 5.33. The molecule has 1 aromatic heterocycles. The first kappa shape index (κ1) is 18.8. The Morgan fingerprint density at radius 1 is 1.38 bits per heavy atom. The average molecular weight is 401 g/mol. The molecular formula is C16H17F2N3O3S2. The molecule has 1 aliphatic heterocycles. The first-order valence-electron chi connectivity index (χ1n) is 7.88. The molecule has 1 aromatic carbocycles. The lowest BCUT2D eigenvalue weighted by Crippen LogP contribution is -2.20. The van der Waals surface area contributed by atoms with Gasteiger partial charge in [-0.2, -0.15) is 5.10 Å². The second-order valence-electron chi connectivity index (χ2n) is 6.08. The summed E-state index contributed by atoms with van der Waals surface area (Å²) in [5.74, 6) is -1.36. The second kappa shape index (κ2) is 7.36. The molecule has 140 valence electrons. The summed E-state index contributed by atoms with van der Waals surface area (Å²) in [7, 11) is -3.08. The minimum atomic E-state index is -3.08. The molecule has 1 N–H and O–H groups in total. The molecule has 1 amide bonds. The van der Waals surface area contributed by atoms with Gasteiger partial charge in [0.15, 0.2) is 9.84 Å². The van der Waals surface area contributed by atoms with Crippen molar-refractivity contribution in [2.24, 2.45) is 0 Å². The van der Waals surface area contributed by atoms with Crippen molar-refractivity contribution >= 4 is 33.3 Å². The quantitative estimate of drug-likeness (QED) is 0.779. The van der Waals surface area contributed by atoms with Crippen molar-refractivity contribution in [1.82, 2.24) is 9.78 Å². The van der Waals surface area contributed by atoms with E-state index in [4.69, 9.17) is 0 Å². The number of amides is 1. The Morgan fingerprint density at radius 2 is 2.15 bits per heavy atom. The van der Waals surface area contributed by atoms with Gasteiger partial charge in [0.2, 0.25) is 5.91 Å². The molecule has 0 bridgehead atoms. The molecule has 1 unspecified atom stereocenters. The van der Waals surface area contributed by atoms with Crippen LogP contribution in [0, 0.1) is 18.6 Å². The van der Waals surface area contributed by atoms with Gasteiger partial charge in [-0.3, -0.25) is 4.79 Å². The van der Waals surface area contributed by atoms with Crippen LogP contribution in [0.2, 0.25) is 0 Å². The molecule has 1 fully saturated rings. The van der Waals surface area contributed by atoms with Gasteiger partial charge in [-0.15, -0.1) is 11.8 Å². The summed E-state index contributed by atoms with van der Waals surface area (Å²) in [4.78, 5) is 12.4. The summed E-state index contributed by atoms with van der Waals surface area (Å²) in [6.07, 6.45) is 0.446. The van der Waals surface area contributed by atoms with Crippen LogP contribution in [-0.4, -0.2) is 41.4 Å². The van der Waals surface area contributed by atoms with Gasteiger partial charge in [0, 0.05) is 17.0 Å². The van der Waals surface area contributed by atoms with E-state index in [0.29, 0.717) is 17.9 Å². The minimum Gasteiger partial charge on any atom is -0.310 e. The van der Waals surface area contributed by atoms with Crippen LogP contribution >= 0.6 is 11.8 Å². The summed E-state index contributed by atoms with van der Waals surface area (Å²) in [6, 6.07) is 4.51. The van der Waals surface area contributed by atoms with Crippen molar-refractivity contribution in [3.05, 3.63) is 41.6 Å². The van der Waals surface area contributed by atoms with Crippen LogP contribution in [-0.2, 0) is 14.6 Å². The molecule has 2 heterocycles. The number of hydrogen-bond acceptors (Lipinski definition) is 5. The summed E-state index contributed by atoms with van der Waals surface area (Å²) < 4.78 is 51.4. The third-order valence-electron chi connectivity index (χ3n) is 3.93. The highest BCUT2D eigenvalue weighted by Crippen LogP contribution is 2.27. The fraction of sp³-hybridized carbons (Fsp3) is 0.375. The fourth-order valence-corrected chi connectivity index (χ4v) is 5.18. The van der Waals surface area contributed by atoms with Crippen molar-refractivity contribution in [2.75, 3.05) is 22.6 Å². The van der Waals surface area contributed by atoms with Crippen molar-refractivity contribution < 1.29 is 22.0 Å². The van der Waals surface area contributed by atoms with Crippen LogP contribution in [0.4, 0.5) is 14.6 Å². The molecule has 3 rings (SSSR count). The first-order valence-corrected chi connectivity index (χ1v) is 10.7. The maximum Gasteiger partial charge on any atom is 0.235 e. The van der Waals surface area contributed by atoms with Crippen molar-refractivity contribution in [3.63, 3.8) is 0 Å². The Morgan fingerprint density at radius 3 is 2.81 bits per heavy atom. The number of sulfone groups is 1. The van der Waals surface area contributed by atoms with E-state index < -0.39 is 21.5 Å². The number of halogens is 2. The van der Waals surface area contributed by atoms with E-state index in [-0.39, 0.29) is 34.1 Å². The van der Waals surface area contributed by atoms with E-state index >= 15 is 0 Å². The zero-order valence-corrected chi connectivity index (χ0v) is 15.5. The lowest BCUT2D eigenvalue weighted by Gasteiger charge is -2.13. The average Bonchev–Trinajstić information content (AvgIpc) is 3.08. The Labute approximate surface area is 153 Å². The van der Waals surface area contributed by atoms with Crippen LogP contribution < -0.4 is 5.32 Å². The summed E-state index contributed by atoms with van der Waals surface area (Å²) in [5, 5.41) is 6.97. The van der Waals surface area contributed by atoms with Gasteiger partial charge in [-0.05, 0) is 25.5 Å². The third kappa shape index (κ3) is 4.42. The van der Waals surface area contributed by atoms with E-state index in [1.165, 1.54) is 10.7 Å². The molecule has 0 aliphatic carbocycles. The summed E-state index contributed by atoms with van der Waals surface area (Å²) >= 11 is 0.949. The molecule has 2 aromatic rings. The normalized spacial score (nSPS) is 18.8. The fourth-order valence-electron chi connectivity index (χ4n) is 2.77. The van der Waals surface area contributed by atoms with Gasteiger partial charge in [0.1, 0.15) is 17.5 Å². The van der Waals surface area contributed by atoms with E-state index in [0.717, 1.165) is 23.9 Å². The largest absolute Gasteiger partial charge is 0.310 e. The molecule has 1 atom stereocenters. The number of thioether (sulfide) groups is 1. The molecule has 0 spiro atoms. The Balaban J connectivity index is 1.66. The van der Waals surface area contributed by atoms with Crippen molar-refractivity contribution in [2.45, 2.75) is 24.3 Å². The number of nitrogens with one attached hydrogen (secondary N) is 1. The molecule has 10 heteroatoms. The Bertz CT molecular complexity index is 944. The monoisotopic (exact) mass is 401 g/mol. The van der Waals surface area contributed by atoms with Gasteiger partial charge in [0.25, 0.3) is 0 Å². The van der Waals surface area contributed by atoms with Crippen LogP contribution in [0.3, 0.4) is 0 Å². The first-order chi connectivity index (χ1) is 12.2. The number of anilines is 1. The zero-order chi connectivity index (χ0) is 18.9. The highest BCUT2D eigenvalue weighted by atomic mass is 32.2. The van der Waals surface area contributed by atoms with Crippen LogP contribution in [0.25, 0.3) is 0 Å². The minimum absolute atomic E-state index is 0.00741. The standard InChI is InChI=1S/C16H17F2N3O3S2/c1-10-6-15(21(20-10)12-4-5-26(23,24)9-12)19-16(22)8-25-14-3-2-11(17)7-13(14)18/h2-3,6-7,12H,4-5,8-9H2,1H3,(H,19,22). The van der Waals surface area contributed by atoms with Gasteiger partial charge >= 0.3 is 0 Å². The van der Waals surface area contributed by atoms with E-state index in [1.807, 2.05) is 0 Å². The van der Waals surface area contributed by atoms with E-state index in [9.17, 15) is 22.0 Å². The number of benzene rings is 1. The van der Waals surface area contributed by atoms with Crippen molar-refractivity contribution in [1.29, 1.82) is 0 Å². The molecule has 26 heavy (non-hydrogen) atoms. The van der Waals surface area contributed by atoms with Gasteiger partial charge in [-0.25, -0.2) is 21.9 Å². The number of hydrogen-bond donors (Lipinski definition) is 1. The molecular weight excluding hydrogens is 384 g/mol. The Hall–Kier alpha value is -1.94. The van der Waals surface area contributed by atoms with E-state index in [1.54, 1.807) is 13.0 Å². The number of aryl methyl sites for hydroxylation is 1. The van der Waals surface area contributed by atoms with Crippen LogP contribution in [0.1, 0.15) is 18.2 Å². The number of rotatable bonds is 5. The number of nitrogens with zero attached hydrogens (tertiary/aromatic N) is 2. The van der Waals surface area contributed by atoms with Gasteiger partial charge in [-0.1, -0.05) is 0 Å². The summed E-state index contributed by atoms with van der Waals surface area (Å²) in [6.45, 7) is 1.75. The van der Waals surface area contributed by atoms with Crippen LogP contribution in [0.15, 0.2) is 29.2 Å². The molecule has 1 saturated heterocycles. The molecule has 0 radical (unpaired) electrons.